The van der Waals surface area contributed by atoms with Gasteiger partial charge in [-0.3, -0.25) is 0 Å². The van der Waals surface area contributed by atoms with Crippen LogP contribution in [0.3, 0.4) is 0 Å². The monoisotopic (exact) mass is 233 g/mol. The Morgan fingerprint density at radius 2 is 2.07 bits per heavy atom. The maximum absolute atomic E-state index is 11.4. The van der Waals surface area contributed by atoms with Crippen molar-refractivity contribution in [1.29, 1.82) is 0 Å². The molecule has 0 unspecified atom stereocenters. The molecular formula is C9H12ClNO2S. The minimum Gasteiger partial charge on any atom is -0.330 e. The molecule has 0 atom stereocenters. The van der Waals surface area contributed by atoms with Gasteiger partial charge in [0, 0.05) is 11.3 Å². The van der Waals surface area contributed by atoms with Crippen LogP contribution >= 0.6 is 11.6 Å². The van der Waals surface area contributed by atoms with Crippen molar-refractivity contribution in [2.45, 2.75) is 11.3 Å². The summed E-state index contributed by atoms with van der Waals surface area (Å²) >= 11 is 5.73. The summed E-state index contributed by atoms with van der Waals surface area (Å²) in [5, 5.41) is 0.422. The van der Waals surface area contributed by atoms with Crippen molar-refractivity contribution in [3.05, 3.63) is 28.8 Å². The number of halogens is 1. The highest BCUT2D eigenvalue weighted by Gasteiger charge is 2.12. The van der Waals surface area contributed by atoms with Gasteiger partial charge in [0.25, 0.3) is 0 Å². The van der Waals surface area contributed by atoms with Gasteiger partial charge in [-0.25, -0.2) is 8.42 Å². The van der Waals surface area contributed by atoms with Crippen LogP contribution in [0, 0.1) is 0 Å². The Labute approximate surface area is 88.8 Å². The van der Waals surface area contributed by atoms with Crippen LogP contribution in [0.4, 0.5) is 0 Å². The SMILES string of the molecule is CS(=O)(=O)c1cc(Cl)ccc1CCN. The molecule has 14 heavy (non-hydrogen) atoms. The van der Waals surface area contributed by atoms with E-state index in [1.54, 1.807) is 12.1 Å². The molecule has 2 N–H and O–H groups in total. The van der Waals surface area contributed by atoms with E-state index >= 15 is 0 Å². The van der Waals surface area contributed by atoms with Gasteiger partial charge in [-0.2, -0.15) is 0 Å². The number of sulfone groups is 1. The average Bonchev–Trinajstić information content (AvgIpc) is 2.07. The number of nitrogens with two attached hydrogens (primary N) is 1. The summed E-state index contributed by atoms with van der Waals surface area (Å²) in [7, 11) is -3.22. The van der Waals surface area contributed by atoms with E-state index in [4.69, 9.17) is 17.3 Å². The minimum atomic E-state index is -3.22. The Bertz CT molecular complexity index is 428. The highest BCUT2D eigenvalue weighted by atomic mass is 35.5. The molecule has 5 heteroatoms. The van der Waals surface area contributed by atoms with Gasteiger partial charge >= 0.3 is 0 Å². The van der Waals surface area contributed by atoms with E-state index in [1.807, 2.05) is 0 Å². The largest absolute Gasteiger partial charge is 0.330 e. The lowest BCUT2D eigenvalue weighted by Crippen LogP contribution is -2.08. The fourth-order valence-corrected chi connectivity index (χ4v) is 2.46. The molecule has 0 spiro atoms. The maximum Gasteiger partial charge on any atom is 0.175 e. The topological polar surface area (TPSA) is 60.2 Å². The average molecular weight is 234 g/mol. The second-order valence-corrected chi connectivity index (χ2v) is 5.48. The van der Waals surface area contributed by atoms with Crippen molar-refractivity contribution < 1.29 is 8.42 Å². The second kappa shape index (κ2) is 4.29. The lowest BCUT2D eigenvalue weighted by Gasteiger charge is -2.06. The predicted molar refractivity (Wildman–Crippen MR) is 57.3 cm³/mol. The fraction of sp³-hybridized carbons (Fsp3) is 0.333. The van der Waals surface area contributed by atoms with Gasteiger partial charge in [-0.15, -0.1) is 0 Å². The summed E-state index contributed by atoms with van der Waals surface area (Å²) in [5.74, 6) is 0. The first-order valence-corrected chi connectivity index (χ1v) is 6.40. The molecule has 0 bridgehead atoms. The van der Waals surface area contributed by atoms with Crippen LogP contribution in [0.1, 0.15) is 5.56 Å². The highest BCUT2D eigenvalue weighted by molar-refractivity contribution is 7.90. The molecule has 0 aromatic heterocycles. The van der Waals surface area contributed by atoms with Gasteiger partial charge in [0.15, 0.2) is 9.84 Å². The lowest BCUT2D eigenvalue weighted by atomic mass is 10.1. The zero-order valence-electron chi connectivity index (χ0n) is 7.83. The zero-order chi connectivity index (χ0) is 10.8. The third-order valence-electron chi connectivity index (χ3n) is 1.84. The lowest BCUT2D eigenvalue weighted by molar-refractivity contribution is 0.600. The van der Waals surface area contributed by atoms with Gasteiger partial charge in [-0.1, -0.05) is 17.7 Å². The van der Waals surface area contributed by atoms with Crippen molar-refractivity contribution in [1.82, 2.24) is 0 Å². The molecule has 1 aromatic carbocycles. The minimum absolute atomic E-state index is 0.274. The van der Waals surface area contributed by atoms with Crippen molar-refractivity contribution in [2.75, 3.05) is 12.8 Å². The van der Waals surface area contributed by atoms with Gasteiger partial charge in [0.2, 0.25) is 0 Å². The molecule has 0 radical (unpaired) electrons. The molecule has 1 aromatic rings. The zero-order valence-corrected chi connectivity index (χ0v) is 9.40. The molecule has 1 rings (SSSR count). The van der Waals surface area contributed by atoms with E-state index in [-0.39, 0.29) is 4.90 Å². The van der Waals surface area contributed by atoms with E-state index in [0.717, 1.165) is 5.56 Å². The van der Waals surface area contributed by atoms with Gasteiger partial charge in [0.05, 0.1) is 4.90 Å². The predicted octanol–water partition coefficient (Wildman–Crippen LogP) is 1.24. The molecule has 0 saturated carbocycles. The first-order chi connectivity index (χ1) is 6.45. The smallest absolute Gasteiger partial charge is 0.175 e. The quantitative estimate of drug-likeness (QED) is 0.855. The number of hydrogen-bond acceptors (Lipinski definition) is 3. The summed E-state index contributed by atoms with van der Waals surface area (Å²) in [6.45, 7) is 0.421. The van der Waals surface area contributed by atoms with Crippen LogP contribution in [0.2, 0.25) is 5.02 Å². The Kier molecular flexibility index (Phi) is 3.53. The molecule has 0 aliphatic heterocycles. The normalized spacial score (nSPS) is 11.6. The second-order valence-electron chi connectivity index (χ2n) is 3.06. The van der Waals surface area contributed by atoms with Gasteiger partial charge < -0.3 is 5.73 Å². The van der Waals surface area contributed by atoms with E-state index in [9.17, 15) is 8.42 Å². The van der Waals surface area contributed by atoms with Crippen LogP contribution < -0.4 is 5.73 Å². The van der Waals surface area contributed by atoms with Crippen LogP contribution in [-0.4, -0.2) is 21.2 Å². The molecule has 78 valence electrons. The highest BCUT2D eigenvalue weighted by Crippen LogP contribution is 2.20. The number of rotatable bonds is 3. The van der Waals surface area contributed by atoms with Crippen molar-refractivity contribution in [3.63, 3.8) is 0 Å². The Hall–Kier alpha value is -0.580. The van der Waals surface area contributed by atoms with Crippen molar-refractivity contribution in [3.8, 4) is 0 Å². The van der Waals surface area contributed by atoms with E-state index in [1.165, 1.54) is 12.3 Å². The summed E-state index contributed by atoms with van der Waals surface area (Å²) in [4.78, 5) is 0.274. The molecule has 0 amide bonds. The van der Waals surface area contributed by atoms with Gasteiger partial charge in [-0.05, 0) is 30.7 Å². The molecular weight excluding hydrogens is 222 g/mol. The summed E-state index contributed by atoms with van der Waals surface area (Å²) < 4.78 is 22.8. The van der Waals surface area contributed by atoms with Crippen LogP contribution in [0.5, 0.6) is 0 Å². The first kappa shape index (κ1) is 11.5. The van der Waals surface area contributed by atoms with E-state index in [2.05, 4.69) is 0 Å². The molecule has 0 saturated heterocycles. The Morgan fingerprint density at radius 3 is 2.57 bits per heavy atom. The standard InChI is InChI=1S/C9H12ClNO2S/c1-14(12,13)9-6-8(10)3-2-7(9)4-5-11/h2-3,6H,4-5,11H2,1H3. The number of benzene rings is 1. The molecule has 0 aliphatic carbocycles. The van der Waals surface area contributed by atoms with Crippen molar-refractivity contribution >= 4 is 21.4 Å². The molecule has 0 fully saturated rings. The van der Waals surface area contributed by atoms with E-state index in [0.29, 0.717) is 18.0 Å². The maximum atomic E-state index is 11.4. The third-order valence-corrected chi connectivity index (χ3v) is 3.26. The first-order valence-electron chi connectivity index (χ1n) is 4.13. The molecule has 0 aliphatic rings. The summed E-state index contributed by atoms with van der Waals surface area (Å²) in [5.41, 5.74) is 6.10. The van der Waals surface area contributed by atoms with Crippen LogP contribution in [0.25, 0.3) is 0 Å². The van der Waals surface area contributed by atoms with Crippen LogP contribution in [-0.2, 0) is 16.3 Å². The van der Waals surface area contributed by atoms with Crippen molar-refractivity contribution in [2.24, 2.45) is 5.73 Å². The summed E-state index contributed by atoms with van der Waals surface area (Å²) in [6.07, 6.45) is 1.71. The molecule has 3 nitrogen and oxygen atoms in total. The fourth-order valence-electron chi connectivity index (χ4n) is 1.24. The van der Waals surface area contributed by atoms with E-state index < -0.39 is 9.84 Å². The van der Waals surface area contributed by atoms with Gasteiger partial charge in [0.1, 0.15) is 0 Å². The van der Waals surface area contributed by atoms with Crippen LogP contribution in [0.15, 0.2) is 23.1 Å². The Morgan fingerprint density at radius 1 is 1.43 bits per heavy atom. The molecule has 0 heterocycles. The summed E-state index contributed by atoms with van der Waals surface area (Å²) in [6, 6.07) is 4.83. The Balaban J connectivity index is 3.30. The third kappa shape index (κ3) is 2.70. The number of hydrogen-bond donors (Lipinski definition) is 1.